The highest BCUT2D eigenvalue weighted by Crippen LogP contribution is 2.27. The smallest absolute Gasteiger partial charge is 0.161 e. The summed E-state index contributed by atoms with van der Waals surface area (Å²) in [4.78, 5) is 16.6. The molecule has 1 aromatic rings. The van der Waals surface area contributed by atoms with Gasteiger partial charge >= 0.3 is 0 Å². The van der Waals surface area contributed by atoms with E-state index < -0.39 is 0 Å². The van der Waals surface area contributed by atoms with Crippen LogP contribution in [0.15, 0.2) is 29.4 Å². The molecular formula is C20H29NO3. The molecule has 0 radical (unpaired) electrons. The van der Waals surface area contributed by atoms with E-state index in [1.807, 2.05) is 32.1 Å². The van der Waals surface area contributed by atoms with E-state index in [1.165, 1.54) is 0 Å². The van der Waals surface area contributed by atoms with Crippen molar-refractivity contribution < 1.29 is 14.4 Å². The van der Waals surface area contributed by atoms with Crippen molar-refractivity contribution in [3.63, 3.8) is 0 Å². The Morgan fingerprint density at radius 3 is 2.54 bits per heavy atom. The zero-order valence-corrected chi connectivity index (χ0v) is 15.5. The Bertz CT molecular complexity index is 599. The molecule has 0 N–H and O–H groups in total. The number of carbonyl (C=O) groups is 1. The maximum Gasteiger partial charge on any atom is 0.161 e. The molecule has 0 aliphatic heterocycles. The Hall–Kier alpha value is -2.10. The minimum absolute atomic E-state index is 0.137. The number of ketones is 1. The van der Waals surface area contributed by atoms with Crippen molar-refractivity contribution in [3.8, 4) is 5.75 Å². The van der Waals surface area contributed by atoms with E-state index in [1.54, 1.807) is 6.92 Å². The third-order valence-corrected chi connectivity index (χ3v) is 3.29. The van der Waals surface area contributed by atoms with Gasteiger partial charge in [-0.05, 0) is 63.5 Å². The maximum atomic E-state index is 11.1. The Balaban J connectivity index is 3.03. The number of benzene rings is 1. The second-order valence-electron chi connectivity index (χ2n) is 5.98. The average molecular weight is 331 g/mol. The number of oxime groups is 1. The third-order valence-electron chi connectivity index (χ3n) is 3.29. The first-order valence-electron chi connectivity index (χ1n) is 8.61. The number of Topliss-reactive ketones (excluding diaryl/α,β-unsaturated/α-hetero) is 1. The van der Waals surface area contributed by atoms with Crippen LogP contribution in [0.1, 0.15) is 65.0 Å². The van der Waals surface area contributed by atoms with Gasteiger partial charge in [0.05, 0.1) is 12.3 Å². The number of nitrogens with zero attached hydrogens (tertiary/aromatic N) is 1. The van der Waals surface area contributed by atoms with E-state index >= 15 is 0 Å². The van der Waals surface area contributed by atoms with Gasteiger partial charge in [-0.25, -0.2) is 0 Å². The van der Waals surface area contributed by atoms with Crippen molar-refractivity contribution in [2.75, 3.05) is 6.61 Å². The van der Waals surface area contributed by atoms with E-state index in [2.05, 4.69) is 25.1 Å². The van der Waals surface area contributed by atoms with Crippen LogP contribution in [0.3, 0.4) is 0 Å². The Kier molecular flexibility index (Phi) is 8.84. The summed E-state index contributed by atoms with van der Waals surface area (Å²) in [5.41, 5.74) is 2.99. The molecule has 4 heteroatoms. The monoisotopic (exact) mass is 331 g/mol. The number of ether oxygens (including phenoxy) is 1. The molecule has 0 bridgehead atoms. The van der Waals surface area contributed by atoms with Crippen molar-refractivity contribution in [3.05, 3.63) is 35.4 Å². The van der Waals surface area contributed by atoms with Crippen LogP contribution in [-0.4, -0.2) is 18.1 Å². The largest absolute Gasteiger partial charge is 0.493 e. The predicted octanol–water partition coefficient (Wildman–Crippen LogP) is 5.16. The van der Waals surface area contributed by atoms with E-state index in [-0.39, 0.29) is 5.78 Å². The van der Waals surface area contributed by atoms with E-state index in [0.29, 0.717) is 13.0 Å². The molecule has 0 fully saturated rings. The molecule has 0 unspecified atom stereocenters. The fraction of sp³-hybridized carbons (Fsp3) is 0.500. The van der Waals surface area contributed by atoms with Crippen LogP contribution in [0.2, 0.25) is 0 Å². The summed E-state index contributed by atoms with van der Waals surface area (Å²) >= 11 is 0. The van der Waals surface area contributed by atoms with E-state index in [4.69, 9.17) is 9.57 Å². The molecule has 0 aliphatic rings. The average Bonchev–Trinajstić information content (AvgIpc) is 2.52. The fourth-order valence-corrected chi connectivity index (χ4v) is 2.18. The van der Waals surface area contributed by atoms with Crippen molar-refractivity contribution in [1.82, 2.24) is 0 Å². The Morgan fingerprint density at radius 2 is 1.96 bits per heavy atom. The van der Waals surface area contributed by atoms with Gasteiger partial charge in [0.2, 0.25) is 0 Å². The highest BCUT2D eigenvalue weighted by Gasteiger charge is 2.10. The van der Waals surface area contributed by atoms with Crippen LogP contribution in [0, 0.1) is 0 Å². The summed E-state index contributed by atoms with van der Waals surface area (Å²) < 4.78 is 5.78. The van der Waals surface area contributed by atoms with Gasteiger partial charge in [-0.2, -0.15) is 0 Å². The maximum absolute atomic E-state index is 11.1. The number of aryl methyl sites for hydroxylation is 1. The molecule has 0 aromatic heterocycles. The zero-order chi connectivity index (χ0) is 17.9. The van der Waals surface area contributed by atoms with Crippen molar-refractivity contribution in [1.29, 1.82) is 0 Å². The van der Waals surface area contributed by atoms with Crippen LogP contribution in [0.5, 0.6) is 5.75 Å². The Labute approximate surface area is 145 Å². The number of rotatable bonds is 10. The van der Waals surface area contributed by atoms with E-state index in [0.717, 1.165) is 47.6 Å². The topological polar surface area (TPSA) is 47.9 Å². The highest BCUT2D eigenvalue weighted by atomic mass is 16.6. The molecule has 0 saturated carbocycles. The van der Waals surface area contributed by atoms with Crippen molar-refractivity contribution in [2.45, 2.75) is 60.3 Å². The van der Waals surface area contributed by atoms with Crippen LogP contribution < -0.4 is 4.74 Å². The fourth-order valence-electron chi connectivity index (χ4n) is 2.18. The standard InChI is InChI=1S/C20H29NO3/c1-6-8-17-14-18(20(9-7-2)24-21-15(3)4)10-11-19(17)23-13-12-16(5)22/h9-11,14H,6-8,12-13H2,1-5H3/b20-9-. The first kappa shape index (κ1) is 19.9. The summed E-state index contributed by atoms with van der Waals surface area (Å²) in [6.07, 6.45) is 5.26. The third kappa shape index (κ3) is 6.99. The van der Waals surface area contributed by atoms with Gasteiger partial charge in [-0.1, -0.05) is 25.4 Å². The zero-order valence-electron chi connectivity index (χ0n) is 15.5. The SMILES string of the molecule is CC/C=C(\ON=C(C)C)c1ccc(OCCC(C)=O)c(CCC)c1. The molecule has 24 heavy (non-hydrogen) atoms. The van der Waals surface area contributed by atoms with Gasteiger partial charge in [0.15, 0.2) is 5.76 Å². The predicted molar refractivity (Wildman–Crippen MR) is 99.4 cm³/mol. The van der Waals surface area contributed by atoms with Gasteiger partial charge in [0, 0.05) is 12.0 Å². The number of hydrogen-bond donors (Lipinski definition) is 0. The summed E-state index contributed by atoms with van der Waals surface area (Å²) in [6.45, 7) is 10.00. The second kappa shape index (κ2) is 10.6. The number of carbonyl (C=O) groups excluding carboxylic acids is 1. The second-order valence-corrected chi connectivity index (χ2v) is 5.98. The first-order chi connectivity index (χ1) is 11.5. The number of allylic oxidation sites excluding steroid dienone is 1. The first-order valence-corrected chi connectivity index (χ1v) is 8.61. The van der Waals surface area contributed by atoms with Gasteiger partial charge in [-0.3, -0.25) is 4.79 Å². The molecule has 0 aliphatic carbocycles. The molecule has 0 atom stereocenters. The van der Waals surface area contributed by atoms with Crippen LogP contribution >= 0.6 is 0 Å². The lowest BCUT2D eigenvalue weighted by Crippen LogP contribution is -2.05. The summed E-state index contributed by atoms with van der Waals surface area (Å²) in [5.74, 6) is 1.73. The molecular weight excluding hydrogens is 302 g/mol. The minimum Gasteiger partial charge on any atom is -0.493 e. The highest BCUT2D eigenvalue weighted by molar-refractivity contribution is 5.79. The molecule has 1 aromatic carbocycles. The molecule has 1 rings (SSSR count). The van der Waals surface area contributed by atoms with Crippen molar-refractivity contribution in [2.24, 2.45) is 5.16 Å². The van der Waals surface area contributed by atoms with Gasteiger partial charge in [0.1, 0.15) is 11.5 Å². The normalized spacial score (nSPS) is 11.1. The molecule has 4 nitrogen and oxygen atoms in total. The Morgan fingerprint density at radius 1 is 1.21 bits per heavy atom. The number of hydrogen-bond acceptors (Lipinski definition) is 4. The molecule has 132 valence electrons. The lowest BCUT2D eigenvalue weighted by Gasteiger charge is -2.13. The lowest BCUT2D eigenvalue weighted by atomic mass is 10.0. The molecule has 0 spiro atoms. The summed E-state index contributed by atoms with van der Waals surface area (Å²) in [6, 6.07) is 6.02. The minimum atomic E-state index is 0.137. The van der Waals surface area contributed by atoms with Crippen LogP contribution in [0.25, 0.3) is 5.76 Å². The summed E-state index contributed by atoms with van der Waals surface area (Å²) in [7, 11) is 0. The van der Waals surface area contributed by atoms with Gasteiger partial charge < -0.3 is 9.57 Å². The van der Waals surface area contributed by atoms with E-state index in [9.17, 15) is 4.79 Å². The molecule has 0 saturated heterocycles. The molecule has 0 amide bonds. The van der Waals surface area contributed by atoms with Crippen LogP contribution in [0.4, 0.5) is 0 Å². The van der Waals surface area contributed by atoms with Crippen molar-refractivity contribution >= 4 is 17.3 Å². The quantitative estimate of drug-likeness (QED) is 0.338. The molecule has 0 heterocycles. The van der Waals surface area contributed by atoms with Gasteiger partial charge in [-0.15, -0.1) is 0 Å². The van der Waals surface area contributed by atoms with Crippen LogP contribution in [-0.2, 0) is 16.1 Å². The lowest BCUT2D eigenvalue weighted by molar-refractivity contribution is -0.117. The summed E-state index contributed by atoms with van der Waals surface area (Å²) in [5, 5.41) is 4.07. The van der Waals surface area contributed by atoms with Gasteiger partial charge in [0.25, 0.3) is 0 Å².